The summed E-state index contributed by atoms with van der Waals surface area (Å²) in [4.78, 5) is 23.3. The smallest absolute Gasteiger partial charge is 0.311 e. The molecule has 0 atom stereocenters. The van der Waals surface area contributed by atoms with Crippen LogP contribution >= 0.6 is 0 Å². The van der Waals surface area contributed by atoms with E-state index in [0.29, 0.717) is 17.7 Å². The number of methoxy groups -OCH3 is 1. The van der Waals surface area contributed by atoms with Crippen molar-refractivity contribution in [2.45, 2.75) is 19.8 Å². The number of nitriles is 1. The van der Waals surface area contributed by atoms with Gasteiger partial charge in [0.15, 0.2) is 11.5 Å². The van der Waals surface area contributed by atoms with E-state index >= 15 is 0 Å². The Morgan fingerprint density at radius 2 is 1.85 bits per heavy atom. The number of esters is 1. The first-order valence-corrected chi connectivity index (χ1v) is 8.29. The number of hydrogen-bond acceptors (Lipinski definition) is 5. The summed E-state index contributed by atoms with van der Waals surface area (Å²) in [6.07, 6.45) is 2.15. The van der Waals surface area contributed by atoms with Crippen LogP contribution in [0, 0.1) is 18.3 Å². The number of benzene rings is 2. The van der Waals surface area contributed by atoms with Crippen LogP contribution in [0.4, 0.5) is 0 Å². The van der Waals surface area contributed by atoms with Crippen LogP contribution in [0.2, 0.25) is 0 Å². The minimum absolute atomic E-state index is 0.181. The molecule has 6 nitrogen and oxygen atoms in total. The number of amides is 1. The molecule has 27 heavy (non-hydrogen) atoms. The molecular formula is C21H20N2O4. The monoisotopic (exact) mass is 364 g/mol. The Labute approximate surface area is 157 Å². The van der Waals surface area contributed by atoms with E-state index in [2.05, 4.69) is 0 Å². The summed E-state index contributed by atoms with van der Waals surface area (Å²) in [5, 5.41) is 8.91. The van der Waals surface area contributed by atoms with Crippen LogP contribution < -0.4 is 15.2 Å². The number of carbonyl (C=O) groups is 2. The summed E-state index contributed by atoms with van der Waals surface area (Å²) in [6.45, 7) is 2.01. The highest BCUT2D eigenvalue weighted by Gasteiger charge is 2.12. The van der Waals surface area contributed by atoms with E-state index in [0.717, 1.165) is 11.1 Å². The lowest BCUT2D eigenvalue weighted by Crippen LogP contribution is -2.12. The SMILES string of the molecule is COc1cc(/C=C(\C#N)C(N)=O)ccc1OC(=O)CCc1ccc(C)cc1. The van der Waals surface area contributed by atoms with Crippen LogP contribution in [0.5, 0.6) is 11.5 Å². The van der Waals surface area contributed by atoms with Crippen molar-refractivity contribution in [2.75, 3.05) is 7.11 Å². The molecule has 2 N–H and O–H groups in total. The Morgan fingerprint density at radius 1 is 1.15 bits per heavy atom. The van der Waals surface area contributed by atoms with Gasteiger partial charge < -0.3 is 15.2 Å². The van der Waals surface area contributed by atoms with Crippen molar-refractivity contribution in [3.05, 3.63) is 64.7 Å². The standard InChI is InChI=1S/C21H20N2O4/c1-14-3-5-15(6-4-14)8-10-20(24)27-18-9-7-16(12-19(18)26-2)11-17(13-22)21(23)25/h3-7,9,11-12H,8,10H2,1-2H3,(H2,23,25)/b17-11+. The number of carbonyl (C=O) groups excluding carboxylic acids is 2. The average molecular weight is 364 g/mol. The third kappa shape index (κ3) is 5.72. The van der Waals surface area contributed by atoms with Crippen molar-refractivity contribution in [1.29, 1.82) is 5.26 Å². The van der Waals surface area contributed by atoms with Gasteiger partial charge in [-0.15, -0.1) is 0 Å². The first-order valence-electron chi connectivity index (χ1n) is 8.29. The molecule has 0 aromatic heterocycles. The van der Waals surface area contributed by atoms with Crippen molar-refractivity contribution in [1.82, 2.24) is 0 Å². The van der Waals surface area contributed by atoms with E-state index in [4.69, 9.17) is 20.5 Å². The Hall–Kier alpha value is -3.59. The average Bonchev–Trinajstić information content (AvgIpc) is 2.66. The highest BCUT2D eigenvalue weighted by molar-refractivity contribution is 6.00. The summed E-state index contributed by atoms with van der Waals surface area (Å²) in [6, 6.07) is 14.4. The van der Waals surface area contributed by atoms with Crippen molar-refractivity contribution in [2.24, 2.45) is 5.73 Å². The van der Waals surface area contributed by atoms with Crippen LogP contribution in [0.1, 0.15) is 23.1 Å². The van der Waals surface area contributed by atoms with E-state index in [9.17, 15) is 9.59 Å². The van der Waals surface area contributed by atoms with Gasteiger partial charge in [-0.25, -0.2) is 0 Å². The lowest BCUT2D eigenvalue weighted by Gasteiger charge is -2.10. The predicted molar refractivity (Wildman–Crippen MR) is 101 cm³/mol. The topological polar surface area (TPSA) is 102 Å². The number of rotatable bonds is 7. The van der Waals surface area contributed by atoms with E-state index in [-0.39, 0.29) is 23.7 Å². The maximum Gasteiger partial charge on any atom is 0.311 e. The second-order valence-electron chi connectivity index (χ2n) is 5.90. The second-order valence-corrected chi connectivity index (χ2v) is 5.90. The number of nitrogens with two attached hydrogens (primary N) is 1. The molecular weight excluding hydrogens is 344 g/mol. The van der Waals surface area contributed by atoms with Gasteiger partial charge in [-0.1, -0.05) is 35.9 Å². The van der Waals surface area contributed by atoms with Gasteiger partial charge in [0.25, 0.3) is 5.91 Å². The molecule has 2 rings (SSSR count). The maximum absolute atomic E-state index is 12.1. The normalized spacial score (nSPS) is 10.8. The van der Waals surface area contributed by atoms with Crippen molar-refractivity contribution in [3.63, 3.8) is 0 Å². The van der Waals surface area contributed by atoms with Gasteiger partial charge in [0.1, 0.15) is 11.6 Å². The molecule has 0 aliphatic carbocycles. The molecule has 0 bridgehead atoms. The van der Waals surface area contributed by atoms with Crippen molar-refractivity contribution < 1.29 is 19.1 Å². The zero-order valence-electron chi connectivity index (χ0n) is 15.2. The number of ether oxygens (including phenoxy) is 2. The Balaban J connectivity index is 2.07. The van der Waals surface area contributed by atoms with Gasteiger partial charge in [0, 0.05) is 6.42 Å². The molecule has 2 aromatic rings. The number of primary amides is 1. The Morgan fingerprint density at radius 3 is 2.44 bits per heavy atom. The summed E-state index contributed by atoms with van der Waals surface area (Å²) in [5.74, 6) is -0.620. The quantitative estimate of drug-likeness (QED) is 0.352. The molecule has 0 saturated heterocycles. The molecule has 0 aliphatic heterocycles. The Kier molecular flexibility index (Phi) is 6.73. The van der Waals surface area contributed by atoms with Crippen molar-refractivity contribution in [3.8, 4) is 17.6 Å². The van der Waals surface area contributed by atoms with Crippen molar-refractivity contribution >= 4 is 18.0 Å². The Bertz CT molecular complexity index is 909. The summed E-state index contributed by atoms with van der Waals surface area (Å²) >= 11 is 0. The molecule has 138 valence electrons. The maximum atomic E-state index is 12.1. The molecule has 1 amide bonds. The summed E-state index contributed by atoms with van der Waals surface area (Å²) in [7, 11) is 1.44. The largest absolute Gasteiger partial charge is 0.493 e. The lowest BCUT2D eigenvalue weighted by molar-refractivity contribution is -0.134. The van der Waals surface area contributed by atoms with Gasteiger partial charge >= 0.3 is 5.97 Å². The fraction of sp³-hybridized carbons (Fsp3) is 0.190. The van der Waals surface area contributed by atoms with E-state index < -0.39 is 5.91 Å². The third-order valence-corrected chi connectivity index (χ3v) is 3.85. The fourth-order valence-corrected chi connectivity index (χ4v) is 2.36. The van der Waals surface area contributed by atoms with E-state index in [1.54, 1.807) is 24.3 Å². The molecule has 0 aliphatic rings. The lowest BCUT2D eigenvalue weighted by atomic mass is 10.1. The van der Waals surface area contributed by atoms with E-state index in [1.165, 1.54) is 13.2 Å². The highest BCUT2D eigenvalue weighted by Crippen LogP contribution is 2.29. The number of nitrogens with zero attached hydrogens (tertiary/aromatic N) is 1. The summed E-state index contributed by atoms with van der Waals surface area (Å²) in [5.41, 5.74) is 7.69. The van der Waals surface area contributed by atoms with Crippen LogP contribution in [0.3, 0.4) is 0 Å². The van der Waals surface area contributed by atoms with Gasteiger partial charge in [-0.2, -0.15) is 5.26 Å². The van der Waals surface area contributed by atoms with Gasteiger partial charge in [0.2, 0.25) is 0 Å². The van der Waals surface area contributed by atoms with Crippen LogP contribution in [-0.2, 0) is 16.0 Å². The molecule has 0 saturated carbocycles. The first-order chi connectivity index (χ1) is 12.9. The predicted octanol–water partition coefficient (Wildman–Crippen LogP) is 2.93. The van der Waals surface area contributed by atoms with Gasteiger partial charge in [0.05, 0.1) is 7.11 Å². The number of hydrogen-bond donors (Lipinski definition) is 1. The zero-order chi connectivity index (χ0) is 19.8. The molecule has 0 heterocycles. The second kappa shape index (κ2) is 9.20. The minimum Gasteiger partial charge on any atom is -0.493 e. The third-order valence-electron chi connectivity index (χ3n) is 3.85. The van der Waals surface area contributed by atoms with Gasteiger partial charge in [-0.3, -0.25) is 9.59 Å². The number of aryl methyl sites for hydroxylation is 2. The fourth-order valence-electron chi connectivity index (χ4n) is 2.36. The minimum atomic E-state index is -0.817. The van der Waals surface area contributed by atoms with Crippen LogP contribution in [-0.4, -0.2) is 19.0 Å². The summed E-state index contributed by atoms with van der Waals surface area (Å²) < 4.78 is 10.6. The van der Waals surface area contributed by atoms with Gasteiger partial charge in [-0.05, 0) is 42.7 Å². The molecule has 0 spiro atoms. The highest BCUT2D eigenvalue weighted by atomic mass is 16.6. The van der Waals surface area contributed by atoms with Crippen LogP contribution in [0.25, 0.3) is 6.08 Å². The first kappa shape index (κ1) is 19.7. The molecule has 2 aromatic carbocycles. The van der Waals surface area contributed by atoms with E-state index in [1.807, 2.05) is 31.2 Å². The zero-order valence-corrected chi connectivity index (χ0v) is 15.2. The molecule has 0 fully saturated rings. The molecule has 0 radical (unpaired) electrons. The molecule has 0 unspecified atom stereocenters. The van der Waals surface area contributed by atoms with Crippen LogP contribution in [0.15, 0.2) is 48.0 Å². The molecule has 6 heteroatoms.